The molecule has 1 atom stereocenters. The molecule has 0 fully saturated rings. The Balaban J connectivity index is 2.25. The fraction of sp³-hybridized carbons (Fsp3) is 0.294. The van der Waals surface area contributed by atoms with Crippen molar-refractivity contribution in [3.05, 3.63) is 66.0 Å². The molecule has 2 aromatic rings. The van der Waals surface area contributed by atoms with E-state index in [9.17, 15) is 4.79 Å². The number of benzene rings is 1. The smallest absolute Gasteiger partial charge is 0.244 e. The van der Waals surface area contributed by atoms with Gasteiger partial charge in [-0.2, -0.15) is 0 Å². The van der Waals surface area contributed by atoms with Crippen molar-refractivity contribution in [3.63, 3.8) is 0 Å². The van der Waals surface area contributed by atoms with E-state index in [2.05, 4.69) is 9.88 Å². The number of hydrogen-bond donors (Lipinski definition) is 0. The van der Waals surface area contributed by atoms with Crippen molar-refractivity contribution in [1.82, 2.24) is 14.8 Å². The molecule has 0 spiro atoms. The number of hydrogen-bond acceptors (Lipinski definition) is 3. The zero-order chi connectivity index (χ0) is 15.2. The molecule has 1 aromatic heterocycles. The van der Waals surface area contributed by atoms with Crippen LogP contribution in [0.15, 0.2) is 54.9 Å². The third-order valence-corrected chi connectivity index (χ3v) is 3.39. The first-order valence-corrected chi connectivity index (χ1v) is 6.95. The Morgan fingerprint density at radius 3 is 2.38 bits per heavy atom. The second-order valence-electron chi connectivity index (χ2n) is 5.32. The first kappa shape index (κ1) is 15.2. The summed E-state index contributed by atoms with van der Waals surface area (Å²) in [6.45, 7) is 0.674. The van der Waals surface area contributed by atoms with Gasteiger partial charge in [0.2, 0.25) is 5.91 Å². The number of rotatable bonds is 5. The molecule has 0 radical (unpaired) electrons. The predicted molar refractivity (Wildman–Crippen MR) is 83.6 cm³/mol. The fourth-order valence-corrected chi connectivity index (χ4v) is 2.34. The van der Waals surface area contributed by atoms with E-state index in [-0.39, 0.29) is 11.9 Å². The first-order chi connectivity index (χ1) is 10.1. The van der Waals surface area contributed by atoms with Crippen LogP contribution in [-0.2, 0) is 11.3 Å². The summed E-state index contributed by atoms with van der Waals surface area (Å²) in [6, 6.07) is 13.5. The van der Waals surface area contributed by atoms with Crippen LogP contribution in [0.3, 0.4) is 0 Å². The number of aromatic nitrogens is 1. The van der Waals surface area contributed by atoms with Gasteiger partial charge in [-0.15, -0.1) is 0 Å². The Morgan fingerprint density at radius 2 is 1.81 bits per heavy atom. The Bertz CT molecular complexity index is 569. The number of carbonyl (C=O) groups is 1. The third kappa shape index (κ3) is 3.89. The molecule has 0 aliphatic rings. The fourth-order valence-electron chi connectivity index (χ4n) is 2.34. The van der Waals surface area contributed by atoms with E-state index >= 15 is 0 Å². The summed E-state index contributed by atoms with van der Waals surface area (Å²) in [4.78, 5) is 20.4. The minimum atomic E-state index is -0.290. The van der Waals surface area contributed by atoms with Crippen LogP contribution < -0.4 is 0 Å². The maximum absolute atomic E-state index is 12.5. The number of amides is 1. The lowest BCUT2D eigenvalue weighted by Gasteiger charge is -2.29. The number of carbonyl (C=O) groups excluding carboxylic acids is 1. The van der Waals surface area contributed by atoms with Gasteiger partial charge in [0, 0.05) is 33.0 Å². The molecular weight excluding hydrogens is 262 g/mol. The van der Waals surface area contributed by atoms with E-state index in [1.54, 1.807) is 25.2 Å². The molecule has 4 nitrogen and oxygen atoms in total. The monoisotopic (exact) mass is 283 g/mol. The van der Waals surface area contributed by atoms with Gasteiger partial charge >= 0.3 is 0 Å². The number of pyridine rings is 1. The SMILES string of the molecule is CN(C)C(=O)C(c1ccccc1)N(C)Cc1cccnc1. The lowest BCUT2D eigenvalue weighted by molar-refractivity contribution is -0.134. The average Bonchev–Trinajstić information content (AvgIpc) is 2.49. The molecule has 110 valence electrons. The van der Waals surface area contributed by atoms with E-state index < -0.39 is 0 Å². The Labute approximate surface area is 126 Å². The zero-order valence-corrected chi connectivity index (χ0v) is 12.7. The minimum absolute atomic E-state index is 0.0765. The Morgan fingerprint density at radius 1 is 1.10 bits per heavy atom. The second kappa shape index (κ2) is 6.99. The molecule has 4 heteroatoms. The standard InChI is InChI=1S/C17H21N3O/c1-19(2)17(21)16(15-9-5-4-6-10-15)20(3)13-14-8-7-11-18-12-14/h4-12,16H,13H2,1-3H3. The molecule has 1 unspecified atom stereocenters. The highest BCUT2D eigenvalue weighted by molar-refractivity contribution is 5.82. The molecule has 0 N–H and O–H groups in total. The first-order valence-electron chi connectivity index (χ1n) is 6.95. The van der Waals surface area contributed by atoms with Gasteiger partial charge in [0.1, 0.15) is 6.04 Å². The molecule has 0 aliphatic heterocycles. The largest absolute Gasteiger partial charge is 0.347 e. The maximum atomic E-state index is 12.5. The van der Waals surface area contributed by atoms with Crippen LogP contribution in [-0.4, -0.2) is 41.8 Å². The summed E-state index contributed by atoms with van der Waals surface area (Å²) in [5.74, 6) is 0.0765. The molecular formula is C17H21N3O. The van der Waals surface area contributed by atoms with Crippen molar-refractivity contribution in [3.8, 4) is 0 Å². The predicted octanol–water partition coefficient (Wildman–Crippen LogP) is 2.34. The molecule has 1 amide bonds. The summed E-state index contributed by atoms with van der Waals surface area (Å²) in [7, 11) is 5.54. The Hall–Kier alpha value is -2.20. The molecule has 0 aliphatic carbocycles. The van der Waals surface area contributed by atoms with Crippen molar-refractivity contribution in [2.75, 3.05) is 21.1 Å². The highest BCUT2D eigenvalue weighted by Crippen LogP contribution is 2.22. The van der Waals surface area contributed by atoms with E-state index in [0.29, 0.717) is 6.54 Å². The van der Waals surface area contributed by atoms with Crippen molar-refractivity contribution in [2.24, 2.45) is 0 Å². The van der Waals surface area contributed by atoms with Crippen molar-refractivity contribution in [1.29, 1.82) is 0 Å². The molecule has 0 bridgehead atoms. The summed E-state index contributed by atoms with van der Waals surface area (Å²) in [6.07, 6.45) is 3.59. The summed E-state index contributed by atoms with van der Waals surface area (Å²) in [5, 5.41) is 0. The molecule has 21 heavy (non-hydrogen) atoms. The highest BCUT2D eigenvalue weighted by atomic mass is 16.2. The second-order valence-corrected chi connectivity index (χ2v) is 5.32. The lowest BCUT2D eigenvalue weighted by atomic mass is 10.0. The van der Waals surface area contributed by atoms with E-state index in [4.69, 9.17) is 0 Å². The van der Waals surface area contributed by atoms with Crippen molar-refractivity contribution < 1.29 is 4.79 Å². The van der Waals surface area contributed by atoms with Crippen LogP contribution >= 0.6 is 0 Å². The highest BCUT2D eigenvalue weighted by Gasteiger charge is 2.26. The number of nitrogens with zero attached hydrogens (tertiary/aromatic N) is 3. The normalized spacial score (nSPS) is 12.2. The van der Waals surface area contributed by atoms with Crippen LogP contribution in [0.25, 0.3) is 0 Å². The molecule has 1 heterocycles. The zero-order valence-electron chi connectivity index (χ0n) is 12.7. The van der Waals surface area contributed by atoms with Crippen molar-refractivity contribution >= 4 is 5.91 Å². The van der Waals surface area contributed by atoms with Gasteiger partial charge in [-0.3, -0.25) is 14.7 Å². The third-order valence-electron chi connectivity index (χ3n) is 3.39. The Kier molecular flexibility index (Phi) is 5.06. The maximum Gasteiger partial charge on any atom is 0.244 e. The van der Waals surface area contributed by atoms with Gasteiger partial charge in [0.25, 0.3) is 0 Å². The topological polar surface area (TPSA) is 36.4 Å². The van der Waals surface area contributed by atoms with E-state index in [1.165, 1.54) is 0 Å². The van der Waals surface area contributed by atoms with Gasteiger partial charge in [-0.25, -0.2) is 0 Å². The summed E-state index contributed by atoms with van der Waals surface area (Å²) >= 11 is 0. The van der Waals surface area contributed by atoms with Crippen LogP contribution in [0.4, 0.5) is 0 Å². The summed E-state index contributed by atoms with van der Waals surface area (Å²) < 4.78 is 0. The molecule has 0 saturated heterocycles. The molecule has 1 aromatic carbocycles. The van der Waals surface area contributed by atoms with Crippen molar-refractivity contribution in [2.45, 2.75) is 12.6 Å². The average molecular weight is 283 g/mol. The van der Waals surface area contributed by atoms with Gasteiger partial charge in [-0.05, 0) is 24.2 Å². The van der Waals surface area contributed by atoms with Gasteiger partial charge in [-0.1, -0.05) is 36.4 Å². The van der Waals surface area contributed by atoms with Gasteiger partial charge in [0.05, 0.1) is 0 Å². The quantitative estimate of drug-likeness (QED) is 0.845. The molecule has 0 saturated carbocycles. The van der Waals surface area contributed by atoms with Crippen LogP contribution in [0.2, 0.25) is 0 Å². The minimum Gasteiger partial charge on any atom is -0.347 e. The van der Waals surface area contributed by atoms with Gasteiger partial charge in [0.15, 0.2) is 0 Å². The van der Waals surface area contributed by atoms with Crippen LogP contribution in [0.1, 0.15) is 17.2 Å². The van der Waals surface area contributed by atoms with E-state index in [0.717, 1.165) is 11.1 Å². The summed E-state index contributed by atoms with van der Waals surface area (Å²) in [5.41, 5.74) is 2.09. The van der Waals surface area contributed by atoms with Crippen LogP contribution in [0.5, 0.6) is 0 Å². The molecule has 2 rings (SSSR count). The number of likely N-dealkylation sites (N-methyl/N-ethyl adjacent to an activating group) is 2. The lowest BCUT2D eigenvalue weighted by Crippen LogP contribution is -2.37. The van der Waals surface area contributed by atoms with E-state index in [1.807, 2.05) is 55.7 Å². The van der Waals surface area contributed by atoms with Crippen LogP contribution in [0, 0.1) is 0 Å². The van der Waals surface area contributed by atoms with Gasteiger partial charge < -0.3 is 4.90 Å².